The third-order valence-electron chi connectivity index (χ3n) is 6.18. The van der Waals surface area contributed by atoms with E-state index in [-0.39, 0.29) is 11.3 Å². The molecule has 198 valence electrons. The van der Waals surface area contributed by atoms with Gasteiger partial charge in [0.15, 0.2) is 22.4 Å². The molecule has 1 aliphatic rings. The molecular formula is C28H36N4O4S. The maximum atomic E-state index is 12.2. The zero-order valence-electron chi connectivity index (χ0n) is 22.5. The van der Waals surface area contributed by atoms with Gasteiger partial charge >= 0.3 is 0 Å². The van der Waals surface area contributed by atoms with Crippen LogP contribution in [0.2, 0.25) is 0 Å². The molecule has 2 heterocycles. The molecule has 0 atom stereocenters. The summed E-state index contributed by atoms with van der Waals surface area (Å²) in [5, 5.41) is 3.64. The van der Waals surface area contributed by atoms with Crippen LogP contribution in [0.1, 0.15) is 61.2 Å². The first kappa shape index (κ1) is 26.9. The summed E-state index contributed by atoms with van der Waals surface area (Å²) in [4.78, 5) is 24.0. The van der Waals surface area contributed by atoms with Crippen molar-refractivity contribution in [1.82, 2.24) is 15.3 Å². The van der Waals surface area contributed by atoms with Crippen LogP contribution < -0.4 is 19.7 Å². The van der Waals surface area contributed by atoms with Gasteiger partial charge in [-0.1, -0.05) is 38.6 Å². The van der Waals surface area contributed by atoms with E-state index in [2.05, 4.69) is 43.1 Å². The van der Waals surface area contributed by atoms with Gasteiger partial charge < -0.3 is 24.1 Å². The molecule has 1 aromatic carbocycles. The Morgan fingerprint density at radius 3 is 2.54 bits per heavy atom. The van der Waals surface area contributed by atoms with E-state index in [0.29, 0.717) is 22.7 Å². The quantitative estimate of drug-likeness (QED) is 0.269. The number of aromatic nitrogens is 2. The number of carbonyl (C=O) groups excluding carboxylic acids is 1. The number of furan rings is 1. The van der Waals surface area contributed by atoms with E-state index in [4.69, 9.17) is 23.9 Å². The average molecular weight is 525 g/mol. The molecule has 0 radical (unpaired) electrons. The van der Waals surface area contributed by atoms with Gasteiger partial charge in [-0.25, -0.2) is 9.97 Å². The summed E-state index contributed by atoms with van der Waals surface area (Å²) in [7, 11) is 5.33. The molecule has 1 aliphatic carbocycles. The minimum atomic E-state index is -0.150. The molecule has 4 rings (SSSR count). The van der Waals surface area contributed by atoms with Crippen LogP contribution in [-0.2, 0) is 17.6 Å². The van der Waals surface area contributed by atoms with Crippen LogP contribution in [0, 0.1) is 0 Å². The van der Waals surface area contributed by atoms with Crippen molar-refractivity contribution in [2.45, 2.75) is 62.4 Å². The zero-order valence-corrected chi connectivity index (χ0v) is 23.3. The Morgan fingerprint density at radius 2 is 1.86 bits per heavy atom. The number of likely N-dealkylation sites (N-methyl/N-ethyl adjacent to an activating group) is 1. The fraction of sp³-hybridized carbons (Fsp3) is 0.464. The summed E-state index contributed by atoms with van der Waals surface area (Å²) in [6, 6.07) is 11.9. The lowest BCUT2D eigenvalue weighted by molar-refractivity contribution is 0.0922. The van der Waals surface area contributed by atoms with E-state index in [1.165, 1.54) is 11.8 Å². The second kappa shape index (κ2) is 11.5. The minimum absolute atomic E-state index is 0.129. The summed E-state index contributed by atoms with van der Waals surface area (Å²) >= 11 is 1.51. The van der Waals surface area contributed by atoms with E-state index in [0.717, 1.165) is 60.1 Å². The fourth-order valence-electron chi connectivity index (χ4n) is 3.70. The Labute approximate surface area is 223 Å². The van der Waals surface area contributed by atoms with E-state index in [1.54, 1.807) is 20.3 Å². The Balaban J connectivity index is 1.44. The first-order valence-corrected chi connectivity index (χ1v) is 13.5. The highest BCUT2D eigenvalue weighted by atomic mass is 32.2. The first-order valence-electron chi connectivity index (χ1n) is 12.5. The number of methoxy groups -OCH3 is 2. The molecule has 0 bridgehead atoms. The van der Waals surface area contributed by atoms with Crippen LogP contribution in [0.4, 0.5) is 5.82 Å². The van der Waals surface area contributed by atoms with Crippen molar-refractivity contribution in [2.75, 3.05) is 32.7 Å². The number of carbonyl (C=O) groups is 1. The normalized spacial score (nSPS) is 13.4. The molecule has 1 amide bonds. The molecule has 1 N–H and O–H groups in total. The molecule has 8 nitrogen and oxygen atoms in total. The second-order valence-electron chi connectivity index (χ2n) is 10.3. The van der Waals surface area contributed by atoms with Gasteiger partial charge in [0, 0.05) is 31.1 Å². The van der Waals surface area contributed by atoms with Gasteiger partial charge in [0.05, 0.1) is 25.7 Å². The lowest BCUT2D eigenvalue weighted by atomic mass is 9.92. The minimum Gasteiger partial charge on any atom is -0.493 e. The average Bonchev–Trinajstić information content (AvgIpc) is 3.57. The predicted octanol–water partition coefficient (Wildman–Crippen LogP) is 5.25. The lowest BCUT2D eigenvalue weighted by Crippen LogP contribution is -2.24. The van der Waals surface area contributed by atoms with E-state index >= 15 is 0 Å². The number of hydrogen-bond donors (Lipinski definition) is 1. The maximum absolute atomic E-state index is 12.2. The number of thioether (sulfide) groups is 1. The zero-order chi connectivity index (χ0) is 26.6. The Morgan fingerprint density at radius 1 is 1.11 bits per heavy atom. The number of ether oxygens (including phenoxy) is 2. The van der Waals surface area contributed by atoms with Gasteiger partial charge in [0.1, 0.15) is 11.6 Å². The van der Waals surface area contributed by atoms with Crippen LogP contribution >= 0.6 is 11.8 Å². The van der Waals surface area contributed by atoms with E-state index in [1.807, 2.05) is 25.2 Å². The smallest absolute Gasteiger partial charge is 0.287 e. The van der Waals surface area contributed by atoms with Crippen molar-refractivity contribution >= 4 is 23.5 Å². The molecule has 0 spiro atoms. The van der Waals surface area contributed by atoms with Crippen LogP contribution in [-0.4, -0.2) is 49.7 Å². The molecule has 1 fully saturated rings. The fourth-order valence-corrected chi connectivity index (χ4v) is 4.45. The second-order valence-corrected chi connectivity index (χ2v) is 11.2. The molecule has 3 aromatic rings. The molecule has 1 saturated carbocycles. The summed E-state index contributed by atoms with van der Waals surface area (Å²) in [5.74, 6) is 3.78. The molecule has 0 saturated heterocycles. The molecule has 0 aliphatic heterocycles. The molecule has 37 heavy (non-hydrogen) atoms. The number of benzene rings is 1. The number of nitrogens with one attached hydrogen (secondary N) is 1. The summed E-state index contributed by atoms with van der Waals surface area (Å²) in [5.41, 5.74) is 2.00. The van der Waals surface area contributed by atoms with Crippen LogP contribution in [0.3, 0.4) is 0 Å². The first-order chi connectivity index (χ1) is 17.7. The van der Waals surface area contributed by atoms with Gasteiger partial charge in [-0.15, -0.1) is 0 Å². The van der Waals surface area contributed by atoms with Gasteiger partial charge in [0.25, 0.3) is 5.91 Å². The van der Waals surface area contributed by atoms with Crippen molar-refractivity contribution in [2.24, 2.45) is 0 Å². The van der Waals surface area contributed by atoms with Crippen molar-refractivity contribution in [1.29, 1.82) is 0 Å². The van der Waals surface area contributed by atoms with Crippen molar-refractivity contribution in [3.63, 3.8) is 0 Å². The highest BCUT2D eigenvalue weighted by Gasteiger charge is 2.25. The Kier molecular flexibility index (Phi) is 8.32. The van der Waals surface area contributed by atoms with Crippen LogP contribution in [0.5, 0.6) is 11.5 Å². The van der Waals surface area contributed by atoms with Crippen molar-refractivity contribution in [3.05, 3.63) is 59.2 Å². The SMILES string of the molecule is COc1ccc(CCN(C)c2cc(C(C)(C)C)nc(SCc3ccc(C(=O)NC4CC4)o3)n2)cc1OC. The van der Waals surface area contributed by atoms with Crippen LogP contribution in [0.25, 0.3) is 0 Å². The third kappa shape index (κ3) is 7.19. The largest absolute Gasteiger partial charge is 0.493 e. The van der Waals surface area contributed by atoms with Crippen molar-refractivity contribution in [3.8, 4) is 11.5 Å². The van der Waals surface area contributed by atoms with Gasteiger partial charge in [-0.05, 0) is 49.1 Å². The number of anilines is 1. The topological polar surface area (TPSA) is 89.7 Å². The number of hydrogen-bond acceptors (Lipinski definition) is 8. The van der Waals surface area contributed by atoms with E-state index in [9.17, 15) is 4.79 Å². The molecular weight excluding hydrogens is 488 g/mol. The van der Waals surface area contributed by atoms with Crippen LogP contribution in [0.15, 0.2) is 46.0 Å². The number of amides is 1. The summed E-state index contributed by atoms with van der Waals surface area (Å²) in [6.07, 6.45) is 2.91. The standard InChI is InChI=1S/C28H36N4O4S/c1-28(2,3)24-16-25(32(4)14-13-18-7-11-21(34-5)23(15-18)35-6)31-27(30-24)37-17-20-10-12-22(36-20)26(33)29-19-8-9-19/h7,10-12,15-16,19H,8-9,13-14,17H2,1-6H3,(H,29,33). The molecule has 2 aromatic heterocycles. The van der Waals surface area contributed by atoms with Gasteiger partial charge in [-0.3, -0.25) is 4.79 Å². The number of rotatable bonds is 11. The molecule has 9 heteroatoms. The number of nitrogens with zero attached hydrogens (tertiary/aromatic N) is 3. The Hall–Kier alpha value is -3.20. The van der Waals surface area contributed by atoms with Crippen molar-refractivity contribution < 1.29 is 18.7 Å². The summed E-state index contributed by atoms with van der Waals surface area (Å²) in [6.45, 7) is 7.22. The Bertz CT molecular complexity index is 1230. The highest BCUT2D eigenvalue weighted by Crippen LogP contribution is 2.30. The maximum Gasteiger partial charge on any atom is 0.287 e. The van der Waals surface area contributed by atoms with Gasteiger partial charge in [-0.2, -0.15) is 0 Å². The lowest BCUT2D eigenvalue weighted by Gasteiger charge is -2.23. The summed E-state index contributed by atoms with van der Waals surface area (Å²) < 4.78 is 16.6. The molecule has 0 unspecified atom stereocenters. The van der Waals surface area contributed by atoms with E-state index < -0.39 is 0 Å². The third-order valence-corrected chi connectivity index (χ3v) is 7.05. The predicted molar refractivity (Wildman–Crippen MR) is 146 cm³/mol. The van der Waals surface area contributed by atoms with Gasteiger partial charge in [0.2, 0.25) is 0 Å². The monoisotopic (exact) mass is 524 g/mol. The highest BCUT2D eigenvalue weighted by molar-refractivity contribution is 7.98.